The van der Waals surface area contributed by atoms with E-state index in [1.807, 2.05) is 6.07 Å². The highest BCUT2D eigenvalue weighted by Crippen LogP contribution is 2.33. The van der Waals surface area contributed by atoms with Crippen LogP contribution in [0.1, 0.15) is 63.5 Å². The molecular weight excluding hydrogens is 404 g/mol. The van der Waals surface area contributed by atoms with E-state index in [0.29, 0.717) is 17.5 Å². The highest BCUT2D eigenvalue weighted by atomic mass is 35.5. The maximum Gasteiger partial charge on any atom is 0.324 e. The summed E-state index contributed by atoms with van der Waals surface area (Å²) < 4.78 is 5.92. The summed E-state index contributed by atoms with van der Waals surface area (Å²) in [5.41, 5.74) is 7.95. The summed E-state index contributed by atoms with van der Waals surface area (Å²) in [6, 6.07) is 5.95. The summed E-state index contributed by atoms with van der Waals surface area (Å²) in [7, 11) is 0. The Morgan fingerprint density at radius 2 is 2.10 bits per heavy atom. The minimum absolute atomic E-state index is 0.185. The summed E-state index contributed by atoms with van der Waals surface area (Å²) in [5.74, 6) is 1.25. The van der Waals surface area contributed by atoms with Crippen molar-refractivity contribution in [2.24, 2.45) is 5.92 Å². The molecule has 1 unspecified atom stereocenters. The number of hydrogen-bond acceptors (Lipinski definition) is 5. The summed E-state index contributed by atoms with van der Waals surface area (Å²) in [6.45, 7) is 4.57. The fraction of sp³-hybridized carbons (Fsp3) is 0.636. The molecule has 0 aromatic heterocycles. The Labute approximate surface area is 183 Å². The first kappa shape index (κ1) is 22.8. The van der Waals surface area contributed by atoms with Crippen LogP contribution in [0, 0.1) is 5.92 Å². The van der Waals surface area contributed by atoms with Gasteiger partial charge in [-0.15, -0.1) is 0 Å². The number of unbranched alkanes of at least 4 members (excludes halogenated alkanes) is 2. The van der Waals surface area contributed by atoms with Gasteiger partial charge in [-0.1, -0.05) is 37.4 Å². The van der Waals surface area contributed by atoms with Crippen molar-refractivity contribution in [3.8, 4) is 5.75 Å². The zero-order chi connectivity index (χ0) is 21.3. The summed E-state index contributed by atoms with van der Waals surface area (Å²) in [4.78, 5) is 24.2. The number of halogens is 1. The third-order valence-electron chi connectivity index (χ3n) is 5.48. The molecule has 1 aliphatic heterocycles. The number of nitrogens with zero attached hydrogens (tertiary/aromatic N) is 1. The molecule has 2 fully saturated rings. The monoisotopic (exact) mass is 436 g/mol. The topological polar surface area (TPSA) is 82.7 Å². The average molecular weight is 437 g/mol. The van der Waals surface area contributed by atoms with E-state index in [-0.39, 0.29) is 24.5 Å². The molecule has 8 heteroatoms. The number of imide groups is 1. The van der Waals surface area contributed by atoms with E-state index >= 15 is 0 Å². The highest BCUT2D eigenvalue weighted by molar-refractivity contribution is 6.32. The second-order valence-corrected chi connectivity index (χ2v) is 8.60. The van der Waals surface area contributed by atoms with Crippen molar-refractivity contribution < 1.29 is 14.3 Å². The maximum atomic E-state index is 11.5. The molecule has 0 spiro atoms. The Balaban J connectivity index is 1.37. The zero-order valence-electron chi connectivity index (χ0n) is 17.7. The Bertz CT molecular complexity index is 726. The van der Waals surface area contributed by atoms with E-state index in [9.17, 15) is 9.59 Å². The number of urea groups is 1. The zero-order valence-corrected chi connectivity index (χ0v) is 18.5. The van der Waals surface area contributed by atoms with Crippen LogP contribution in [0.3, 0.4) is 0 Å². The van der Waals surface area contributed by atoms with Gasteiger partial charge < -0.3 is 9.64 Å². The highest BCUT2D eigenvalue weighted by Gasteiger charge is 2.25. The largest absolute Gasteiger partial charge is 0.492 e. The van der Waals surface area contributed by atoms with Crippen molar-refractivity contribution in [1.82, 2.24) is 21.1 Å². The molecule has 2 aliphatic rings. The molecule has 1 aromatic carbocycles. The number of ether oxygens (including phenoxy) is 1. The minimum Gasteiger partial charge on any atom is -0.492 e. The van der Waals surface area contributed by atoms with E-state index in [0.717, 1.165) is 51.0 Å². The third-order valence-corrected chi connectivity index (χ3v) is 5.79. The number of nitrogens with one attached hydrogen (secondary N) is 3. The Morgan fingerprint density at radius 3 is 2.80 bits per heavy atom. The molecule has 7 nitrogen and oxygen atoms in total. The van der Waals surface area contributed by atoms with Crippen LogP contribution in [-0.2, 0) is 4.79 Å². The number of benzene rings is 1. The first-order valence-corrected chi connectivity index (χ1v) is 11.4. The lowest BCUT2D eigenvalue weighted by molar-refractivity contribution is -0.118. The minimum atomic E-state index is -0.273. The Hall–Kier alpha value is -1.83. The molecule has 3 N–H and O–H groups in total. The standard InChI is InChI=1S/C22H33ClN4O3/c1-2-6-19(17-9-10-18(23)20(13-17)30-15-16-7-8-16)26-24-11-4-3-5-12-27-14-21(28)25-22(27)29/h9-10,13,16,19,24,26H,2-8,11-12,14-15H2,1H3,(H,25,28,29). The second kappa shape index (κ2) is 11.5. The maximum absolute atomic E-state index is 11.5. The summed E-state index contributed by atoms with van der Waals surface area (Å²) >= 11 is 6.31. The molecule has 1 atom stereocenters. The second-order valence-electron chi connectivity index (χ2n) is 8.19. The molecule has 30 heavy (non-hydrogen) atoms. The average Bonchev–Trinajstić information content (AvgIpc) is 3.49. The fourth-order valence-corrected chi connectivity index (χ4v) is 3.67. The first-order valence-electron chi connectivity index (χ1n) is 11.1. The van der Waals surface area contributed by atoms with Crippen LogP contribution in [0.25, 0.3) is 0 Å². The third kappa shape index (κ3) is 7.15. The van der Waals surface area contributed by atoms with Crippen LogP contribution < -0.4 is 20.9 Å². The van der Waals surface area contributed by atoms with Gasteiger partial charge in [0, 0.05) is 19.1 Å². The van der Waals surface area contributed by atoms with Crippen LogP contribution in [-0.4, -0.2) is 43.1 Å². The normalized spacial score (nSPS) is 17.3. The van der Waals surface area contributed by atoms with Crippen LogP contribution >= 0.6 is 11.6 Å². The lowest BCUT2D eigenvalue weighted by atomic mass is 10.0. The number of carbonyl (C=O) groups excluding carboxylic acids is 2. The fourth-order valence-electron chi connectivity index (χ4n) is 3.50. The van der Waals surface area contributed by atoms with Crippen LogP contribution in [0.5, 0.6) is 5.75 Å². The number of carbonyl (C=O) groups is 2. The van der Waals surface area contributed by atoms with E-state index in [2.05, 4.69) is 35.2 Å². The van der Waals surface area contributed by atoms with Crippen LogP contribution in [0.4, 0.5) is 4.79 Å². The molecule has 166 valence electrons. The van der Waals surface area contributed by atoms with Gasteiger partial charge in [0.1, 0.15) is 12.3 Å². The number of rotatable bonds is 14. The molecule has 1 aromatic rings. The summed E-state index contributed by atoms with van der Waals surface area (Å²) in [5, 5.41) is 2.96. The smallest absolute Gasteiger partial charge is 0.324 e. The first-order chi connectivity index (χ1) is 14.6. The van der Waals surface area contributed by atoms with Crippen LogP contribution in [0.2, 0.25) is 5.02 Å². The van der Waals surface area contributed by atoms with Crippen molar-refractivity contribution >= 4 is 23.5 Å². The van der Waals surface area contributed by atoms with Crippen molar-refractivity contribution in [1.29, 1.82) is 0 Å². The van der Waals surface area contributed by atoms with Gasteiger partial charge in [0.05, 0.1) is 11.6 Å². The number of hydrazine groups is 1. The predicted octanol–water partition coefficient (Wildman–Crippen LogP) is 3.79. The molecule has 1 saturated heterocycles. The van der Waals surface area contributed by atoms with Gasteiger partial charge in [0.15, 0.2) is 0 Å². The molecule has 1 saturated carbocycles. The van der Waals surface area contributed by atoms with E-state index in [4.69, 9.17) is 16.3 Å². The van der Waals surface area contributed by atoms with Gasteiger partial charge in [-0.2, -0.15) is 0 Å². The lowest BCUT2D eigenvalue weighted by Crippen LogP contribution is -2.36. The van der Waals surface area contributed by atoms with Crippen molar-refractivity contribution in [2.45, 2.75) is 57.9 Å². The lowest BCUT2D eigenvalue weighted by Gasteiger charge is -2.21. The van der Waals surface area contributed by atoms with E-state index in [1.165, 1.54) is 18.4 Å². The Kier molecular flexibility index (Phi) is 8.78. The van der Waals surface area contributed by atoms with Crippen molar-refractivity contribution in [3.05, 3.63) is 28.8 Å². The van der Waals surface area contributed by atoms with Crippen molar-refractivity contribution in [3.63, 3.8) is 0 Å². The van der Waals surface area contributed by atoms with E-state index in [1.54, 1.807) is 4.90 Å². The number of hydrogen-bond donors (Lipinski definition) is 3. The number of amides is 3. The van der Waals surface area contributed by atoms with Gasteiger partial charge in [-0.25, -0.2) is 4.79 Å². The molecule has 3 rings (SSSR count). The van der Waals surface area contributed by atoms with Gasteiger partial charge in [0.2, 0.25) is 5.91 Å². The van der Waals surface area contributed by atoms with Gasteiger partial charge in [-0.3, -0.25) is 21.0 Å². The summed E-state index contributed by atoms with van der Waals surface area (Å²) in [6.07, 6.45) is 7.46. The molecular formula is C22H33ClN4O3. The SMILES string of the molecule is CCCC(NNCCCCCN1CC(=O)NC1=O)c1ccc(Cl)c(OCC2CC2)c1. The van der Waals surface area contributed by atoms with Crippen molar-refractivity contribution in [2.75, 3.05) is 26.2 Å². The predicted molar refractivity (Wildman–Crippen MR) is 117 cm³/mol. The molecule has 1 aliphatic carbocycles. The quantitative estimate of drug-likeness (QED) is 0.235. The van der Waals surface area contributed by atoms with Gasteiger partial charge in [0.25, 0.3) is 0 Å². The molecule has 1 heterocycles. The van der Waals surface area contributed by atoms with Crippen LogP contribution in [0.15, 0.2) is 18.2 Å². The molecule has 3 amide bonds. The van der Waals surface area contributed by atoms with Gasteiger partial charge >= 0.3 is 6.03 Å². The Morgan fingerprint density at radius 1 is 1.27 bits per heavy atom. The van der Waals surface area contributed by atoms with E-state index < -0.39 is 0 Å². The molecule has 0 bridgehead atoms. The van der Waals surface area contributed by atoms with Gasteiger partial charge in [-0.05, 0) is 55.7 Å². The molecule has 0 radical (unpaired) electrons.